The Morgan fingerprint density at radius 1 is 1.53 bits per heavy atom. The molecule has 3 nitrogen and oxygen atoms in total. The third kappa shape index (κ3) is 3.33. The molecule has 0 amide bonds. The lowest BCUT2D eigenvalue weighted by atomic mass is 10.1. The largest absolute Gasteiger partial charge is 0.397 e. The average Bonchev–Trinajstić information content (AvgIpc) is 2.68. The molecule has 0 radical (unpaired) electrons. The van der Waals surface area contributed by atoms with Crippen LogP contribution in [0, 0.1) is 11.7 Å². The normalized spacial score (nSPS) is 20.7. The van der Waals surface area contributed by atoms with Gasteiger partial charge in [-0.15, -0.1) is 0 Å². The Kier molecular flexibility index (Phi) is 3.84. The summed E-state index contributed by atoms with van der Waals surface area (Å²) in [4.78, 5) is 2.36. The summed E-state index contributed by atoms with van der Waals surface area (Å²) < 4.78 is 12.8. The van der Waals surface area contributed by atoms with Crippen LogP contribution in [0.3, 0.4) is 0 Å². The molecule has 1 aromatic carbocycles. The first-order valence-corrected chi connectivity index (χ1v) is 6.12. The summed E-state index contributed by atoms with van der Waals surface area (Å²) in [6.07, 6.45) is 2.41. The van der Waals surface area contributed by atoms with E-state index in [1.54, 1.807) is 6.07 Å². The number of likely N-dealkylation sites (tertiary alicyclic amines) is 1. The van der Waals surface area contributed by atoms with E-state index in [4.69, 9.17) is 5.73 Å². The van der Waals surface area contributed by atoms with Crippen LogP contribution >= 0.6 is 0 Å². The minimum atomic E-state index is -0.287. The van der Waals surface area contributed by atoms with E-state index in [9.17, 15) is 4.39 Å². The van der Waals surface area contributed by atoms with Crippen molar-refractivity contribution in [1.29, 1.82) is 0 Å². The topological polar surface area (TPSA) is 41.3 Å². The van der Waals surface area contributed by atoms with Gasteiger partial charge in [-0.3, -0.25) is 0 Å². The zero-order valence-electron chi connectivity index (χ0n) is 10.2. The van der Waals surface area contributed by atoms with Crippen molar-refractivity contribution >= 4 is 11.4 Å². The van der Waals surface area contributed by atoms with Crippen LogP contribution in [-0.4, -0.2) is 31.6 Å². The van der Waals surface area contributed by atoms with E-state index in [-0.39, 0.29) is 5.82 Å². The highest BCUT2D eigenvalue weighted by Gasteiger charge is 2.18. The number of benzene rings is 1. The van der Waals surface area contributed by atoms with Crippen molar-refractivity contribution in [2.75, 3.05) is 37.7 Å². The molecule has 4 heteroatoms. The molecule has 94 valence electrons. The number of nitrogen functional groups attached to an aromatic ring is 1. The number of halogens is 1. The van der Waals surface area contributed by atoms with Gasteiger partial charge < -0.3 is 16.0 Å². The Labute approximate surface area is 102 Å². The highest BCUT2D eigenvalue weighted by molar-refractivity contribution is 5.65. The summed E-state index contributed by atoms with van der Waals surface area (Å²) in [5.74, 6) is 0.486. The molecular weight excluding hydrogens is 217 g/mol. The van der Waals surface area contributed by atoms with Crippen LogP contribution in [0.5, 0.6) is 0 Å². The summed E-state index contributed by atoms with van der Waals surface area (Å²) in [5.41, 5.74) is 7.04. The van der Waals surface area contributed by atoms with Crippen molar-refractivity contribution < 1.29 is 4.39 Å². The van der Waals surface area contributed by atoms with Crippen molar-refractivity contribution in [2.45, 2.75) is 12.8 Å². The van der Waals surface area contributed by atoms with E-state index in [1.165, 1.54) is 31.6 Å². The van der Waals surface area contributed by atoms with Gasteiger partial charge in [-0.1, -0.05) is 0 Å². The molecule has 0 saturated carbocycles. The molecule has 1 aromatic rings. The van der Waals surface area contributed by atoms with Gasteiger partial charge in [-0.25, -0.2) is 4.39 Å². The van der Waals surface area contributed by atoms with Gasteiger partial charge in [0.15, 0.2) is 0 Å². The Bertz CT molecular complexity index is 381. The predicted octanol–water partition coefficient (Wildman–Crippen LogP) is 2.16. The summed E-state index contributed by atoms with van der Waals surface area (Å²) in [7, 11) is 2.16. The van der Waals surface area contributed by atoms with Gasteiger partial charge in [0.05, 0.1) is 11.4 Å². The molecule has 3 N–H and O–H groups in total. The van der Waals surface area contributed by atoms with E-state index >= 15 is 0 Å². The highest BCUT2D eigenvalue weighted by atomic mass is 19.1. The number of hydrogen-bond acceptors (Lipinski definition) is 3. The Hall–Kier alpha value is -1.29. The molecule has 2 rings (SSSR count). The monoisotopic (exact) mass is 237 g/mol. The SMILES string of the molecule is CN1CCC(CCNc2ccc(F)cc2N)C1. The second-order valence-electron chi connectivity index (χ2n) is 4.86. The first-order valence-electron chi connectivity index (χ1n) is 6.12. The van der Waals surface area contributed by atoms with E-state index in [0.717, 1.165) is 24.6 Å². The Balaban J connectivity index is 1.78. The van der Waals surface area contributed by atoms with E-state index in [2.05, 4.69) is 17.3 Å². The summed E-state index contributed by atoms with van der Waals surface area (Å²) in [5, 5.41) is 3.27. The van der Waals surface area contributed by atoms with E-state index in [1.807, 2.05) is 0 Å². The van der Waals surface area contributed by atoms with Crippen molar-refractivity contribution in [3.63, 3.8) is 0 Å². The smallest absolute Gasteiger partial charge is 0.125 e. The van der Waals surface area contributed by atoms with Gasteiger partial charge in [0.1, 0.15) is 5.82 Å². The fraction of sp³-hybridized carbons (Fsp3) is 0.538. The lowest BCUT2D eigenvalue weighted by Crippen LogP contribution is -2.16. The number of anilines is 2. The lowest BCUT2D eigenvalue weighted by molar-refractivity contribution is 0.390. The van der Waals surface area contributed by atoms with E-state index < -0.39 is 0 Å². The third-order valence-corrected chi connectivity index (χ3v) is 3.37. The maximum atomic E-state index is 12.8. The maximum Gasteiger partial charge on any atom is 0.125 e. The number of rotatable bonds is 4. The molecule has 1 atom stereocenters. The van der Waals surface area contributed by atoms with E-state index in [0.29, 0.717) is 5.69 Å². The van der Waals surface area contributed by atoms with Crippen LogP contribution in [0.2, 0.25) is 0 Å². The maximum absolute atomic E-state index is 12.8. The van der Waals surface area contributed by atoms with Crippen LogP contribution in [-0.2, 0) is 0 Å². The second kappa shape index (κ2) is 5.36. The number of hydrogen-bond donors (Lipinski definition) is 2. The zero-order valence-corrected chi connectivity index (χ0v) is 10.2. The zero-order chi connectivity index (χ0) is 12.3. The van der Waals surface area contributed by atoms with Gasteiger partial charge in [-0.05, 0) is 50.6 Å². The van der Waals surface area contributed by atoms with Gasteiger partial charge in [0, 0.05) is 13.1 Å². The number of nitrogens with zero attached hydrogens (tertiary/aromatic N) is 1. The van der Waals surface area contributed by atoms with Crippen molar-refractivity contribution in [3.05, 3.63) is 24.0 Å². The van der Waals surface area contributed by atoms with Crippen molar-refractivity contribution in [2.24, 2.45) is 5.92 Å². The van der Waals surface area contributed by atoms with Crippen LogP contribution in [0.15, 0.2) is 18.2 Å². The van der Waals surface area contributed by atoms with Crippen LogP contribution < -0.4 is 11.1 Å². The summed E-state index contributed by atoms with van der Waals surface area (Å²) >= 11 is 0. The second-order valence-corrected chi connectivity index (χ2v) is 4.86. The first-order chi connectivity index (χ1) is 8.15. The van der Waals surface area contributed by atoms with Crippen molar-refractivity contribution in [3.8, 4) is 0 Å². The third-order valence-electron chi connectivity index (χ3n) is 3.37. The van der Waals surface area contributed by atoms with Gasteiger partial charge in [0.2, 0.25) is 0 Å². The quantitative estimate of drug-likeness (QED) is 0.788. The fourth-order valence-electron chi connectivity index (χ4n) is 2.37. The molecule has 1 fully saturated rings. The molecule has 0 bridgehead atoms. The first kappa shape index (κ1) is 12.2. The Morgan fingerprint density at radius 3 is 3.00 bits per heavy atom. The van der Waals surface area contributed by atoms with Crippen LogP contribution in [0.1, 0.15) is 12.8 Å². The minimum absolute atomic E-state index is 0.287. The molecule has 1 saturated heterocycles. The lowest BCUT2D eigenvalue weighted by Gasteiger charge is -2.13. The number of nitrogens with one attached hydrogen (secondary N) is 1. The molecule has 17 heavy (non-hydrogen) atoms. The van der Waals surface area contributed by atoms with Gasteiger partial charge >= 0.3 is 0 Å². The van der Waals surface area contributed by atoms with Gasteiger partial charge in [0.25, 0.3) is 0 Å². The summed E-state index contributed by atoms with van der Waals surface area (Å²) in [6.45, 7) is 3.28. The molecule has 1 aliphatic heterocycles. The van der Waals surface area contributed by atoms with Crippen molar-refractivity contribution in [1.82, 2.24) is 4.90 Å². The molecule has 0 aromatic heterocycles. The Morgan fingerprint density at radius 2 is 2.35 bits per heavy atom. The van der Waals surface area contributed by atoms with Crippen LogP contribution in [0.4, 0.5) is 15.8 Å². The predicted molar refractivity (Wildman–Crippen MR) is 69.5 cm³/mol. The average molecular weight is 237 g/mol. The molecule has 1 heterocycles. The molecule has 0 aliphatic carbocycles. The molecule has 1 aliphatic rings. The molecule has 0 spiro atoms. The molecule has 1 unspecified atom stereocenters. The summed E-state index contributed by atoms with van der Waals surface area (Å²) in [6, 6.07) is 4.49. The van der Waals surface area contributed by atoms with Crippen LogP contribution in [0.25, 0.3) is 0 Å². The highest BCUT2D eigenvalue weighted by Crippen LogP contribution is 2.21. The minimum Gasteiger partial charge on any atom is -0.397 e. The van der Waals surface area contributed by atoms with Gasteiger partial charge in [-0.2, -0.15) is 0 Å². The standard InChI is InChI=1S/C13H20FN3/c1-17-7-5-10(9-17)4-6-16-13-3-2-11(14)8-12(13)15/h2-3,8,10,16H,4-7,9,15H2,1H3. The fourth-order valence-corrected chi connectivity index (χ4v) is 2.37. The number of nitrogens with two attached hydrogens (primary N) is 1. The molecular formula is C13H20FN3.